The zero-order valence-electron chi connectivity index (χ0n) is 12.3. The van der Waals surface area contributed by atoms with Crippen molar-refractivity contribution in [2.45, 2.75) is 25.6 Å². The Morgan fingerprint density at radius 1 is 1.45 bits per heavy atom. The zero-order chi connectivity index (χ0) is 16.2. The van der Waals surface area contributed by atoms with Crippen LogP contribution in [0.1, 0.15) is 18.9 Å². The second-order valence-corrected chi connectivity index (χ2v) is 6.91. The zero-order valence-corrected chi connectivity index (χ0v) is 13.8. The van der Waals surface area contributed by atoms with E-state index in [-0.39, 0.29) is 22.8 Å². The van der Waals surface area contributed by atoms with E-state index in [1.807, 2.05) is 6.92 Å². The summed E-state index contributed by atoms with van der Waals surface area (Å²) in [4.78, 5) is 0. The summed E-state index contributed by atoms with van der Waals surface area (Å²) in [6.45, 7) is 3.68. The normalized spacial score (nSPS) is 20.1. The molecule has 1 aliphatic rings. The molecule has 1 N–H and O–H groups in total. The van der Waals surface area contributed by atoms with E-state index in [2.05, 4.69) is 5.32 Å². The summed E-state index contributed by atoms with van der Waals surface area (Å²) in [5.41, 5.74) is -0.880. The largest absolute Gasteiger partial charge is 0.489 e. The molecular weight excluding hydrogens is 335 g/mol. The van der Waals surface area contributed by atoms with Crippen molar-refractivity contribution in [2.24, 2.45) is 5.92 Å². The number of benzene rings is 1. The van der Waals surface area contributed by atoms with E-state index in [0.29, 0.717) is 5.75 Å². The fourth-order valence-corrected chi connectivity index (χ4v) is 3.62. The van der Waals surface area contributed by atoms with Gasteiger partial charge in [-0.3, -0.25) is 0 Å². The van der Waals surface area contributed by atoms with Gasteiger partial charge >= 0.3 is 6.18 Å². The van der Waals surface area contributed by atoms with Crippen LogP contribution in [0.25, 0.3) is 0 Å². The van der Waals surface area contributed by atoms with Gasteiger partial charge < -0.3 is 10.1 Å². The molecule has 1 heterocycles. The van der Waals surface area contributed by atoms with Crippen LogP contribution in [-0.2, 0) is 6.18 Å². The molecule has 0 radical (unpaired) electrons. The van der Waals surface area contributed by atoms with Gasteiger partial charge in [-0.05, 0) is 30.9 Å². The molecule has 0 aliphatic carbocycles. The van der Waals surface area contributed by atoms with Gasteiger partial charge in [0.15, 0.2) is 0 Å². The maximum Gasteiger partial charge on any atom is 0.421 e. The molecule has 0 amide bonds. The highest BCUT2D eigenvalue weighted by Crippen LogP contribution is 2.41. The van der Waals surface area contributed by atoms with Crippen molar-refractivity contribution in [1.29, 1.82) is 0 Å². The van der Waals surface area contributed by atoms with Gasteiger partial charge in [0.2, 0.25) is 0 Å². The minimum absolute atomic E-state index is 0.173. The summed E-state index contributed by atoms with van der Waals surface area (Å²) in [6, 6.07) is 4.08. The Hall–Kier alpha value is -0.590. The minimum atomic E-state index is -4.52. The van der Waals surface area contributed by atoms with Gasteiger partial charge in [-0.2, -0.15) is 24.9 Å². The van der Waals surface area contributed by atoms with E-state index in [1.54, 1.807) is 11.8 Å². The lowest BCUT2D eigenvalue weighted by Crippen LogP contribution is -2.32. The Morgan fingerprint density at radius 2 is 2.23 bits per heavy atom. The summed E-state index contributed by atoms with van der Waals surface area (Å²) >= 11 is 7.42. The van der Waals surface area contributed by atoms with Crippen LogP contribution in [0, 0.1) is 5.92 Å². The molecule has 1 aromatic rings. The predicted molar refractivity (Wildman–Crippen MR) is 84.8 cm³/mol. The van der Waals surface area contributed by atoms with E-state index in [0.717, 1.165) is 25.3 Å². The molecule has 2 rings (SSSR count). The lowest BCUT2D eigenvalue weighted by Gasteiger charge is -2.26. The molecule has 0 aromatic heterocycles. The van der Waals surface area contributed by atoms with Crippen molar-refractivity contribution in [2.75, 3.05) is 24.6 Å². The Balaban J connectivity index is 2.23. The third-order valence-electron chi connectivity index (χ3n) is 3.65. The number of ether oxygens (including phenoxy) is 1. The number of alkyl halides is 3. The molecule has 0 saturated carbocycles. The van der Waals surface area contributed by atoms with Gasteiger partial charge in [0.25, 0.3) is 0 Å². The third-order valence-corrected chi connectivity index (χ3v) is 4.94. The highest BCUT2D eigenvalue weighted by Gasteiger charge is 2.38. The van der Waals surface area contributed by atoms with Gasteiger partial charge in [-0.15, -0.1) is 0 Å². The fraction of sp³-hybridized carbons (Fsp3) is 0.600. The lowest BCUT2D eigenvalue weighted by molar-refractivity contribution is -0.139. The molecule has 7 heteroatoms. The number of thioether (sulfide) groups is 1. The van der Waals surface area contributed by atoms with Gasteiger partial charge in [0.1, 0.15) is 17.4 Å². The van der Waals surface area contributed by atoms with Crippen LogP contribution in [0.5, 0.6) is 5.75 Å². The quantitative estimate of drug-likeness (QED) is 0.815. The molecular formula is C15H19ClF3NOS. The molecule has 1 unspecified atom stereocenters. The molecule has 0 spiro atoms. The summed E-state index contributed by atoms with van der Waals surface area (Å²) < 4.78 is 45.4. The minimum Gasteiger partial charge on any atom is -0.489 e. The van der Waals surface area contributed by atoms with Gasteiger partial charge in [-0.25, -0.2) is 0 Å². The molecule has 2 atom stereocenters. The first-order valence-corrected chi connectivity index (χ1v) is 8.77. The van der Waals surface area contributed by atoms with Crippen LogP contribution >= 0.6 is 23.4 Å². The summed E-state index contributed by atoms with van der Waals surface area (Å²) in [5, 5.41) is 2.91. The second kappa shape index (κ2) is 7.79. The number of hydrogen-bond donors (Lipinski definition) is 1. The molecule has 1 aromatic carbocycles. The van der Waals surface area contributed by atoms with E-state index in [4.69, 9.17) is 16.3 Å². The maximum absolute atomic E-state index is 13.2. The van der Waals surface area contributed by atoms with Crippen molar-refractivity contribution >= 4 is 23.4 Å². The van der Waals surface area contributed by atoms with E-state index >= 15 is 0 Å². The first-order valence-electron chi connectivity index (χ1n) is 7.24. The van der Waals surface area contributed by atoms with Crippen molar-refractivity contribution in [3.8, 4) is 5.75 Å². The molecule has 124 valence electrons. The van der Waals surface area contributed by atoms with Crippen molar-refractivity contribution < 1.29 is 17.9 Å². The van der Waals surface area contributed by atoms with Gasteiger partial charge in [0.05, 0.1) is 5.02 Å². The Bertz CT molecular complexity index is 492. The molecule has 22 heavy (non-hydrogen) atoms. The Labute approximate surface area is 137 Å². The number of rotatable bonds is 6. The van der Waals surface area contributed by atoms with Crippen LogP contribution in [0.4, 0.5) is 13.2 Å². The average molecular weight is 354 g/mol. The van der Waals surface area contributed by atoms with E-state index < -0.39 is 11.7 Å². The average Bonchev–Trinajstić information content (AvgIpc) is 2.96. The van der Waals surface area contributed by atoms with Crippen LogP contribution < -0.4 is 10.1 Å². The van der Waals surface area contributed by atoms with Crippen molar-refractivity contribution in [1.82, 2.24) is 5.32 Å². The van der Waals surface area contributed by atoms with Crippen LogP contribution in [0.15, 0.2) is 18.2 Å². The molecule has 1 fully saturated rings. The summed E-state index contributed by atoms with van der Waals surface area (Å²) in [7, 11) is 0. The highest BCUT2D eigenvalue weighted by molar-refractivity contribution is 7.99. The molecule has 1 aliphatic heterocycles. The Kier molecular flexibility index (Phi) is 6.29. The topological polar surface area (TPSA) is 21.3 Å². The van der Waals surface area contributed by atoms with Crippen molar-refractivity contribution in [3.05, 3.63) is 28.8 Å². The summed E-state index contributed by atoms with van der Waals surface area (Å²) in [6.07, 6.45) is -3.86. The van der Waals surface area contributed by atoms with Crippen LogP contribution in [0.2, 0.25) is 5.02 Å². The van der Waals surface area contributed by atoms with Gasteiger partial charge in [-0.1, -0.05) is 24.6 Å². The molecule has 1 saturated heterocycles. The predicted octanol–water partition coefficient (Wildman–Crippen LogP) is 4.47. The maximum atomic E-state index is 13.2. The monoisotopic (exact) mass is 353 g/mol. The molecule has 2 nitrogen and oxygen atoms in total. The lowest BCUT2D eigenvalue weighted by atomic mass is 10.0. The van der Waals surface area contributed by atoms with E-state index in [9.17, 15) is 13.2 Å². The first kappa shape index (κ1) is 17.8. The Morgan fingerprint density at radius 3 is 2.82 bits per heavy atom. The van der Waals surface area contributed by atoms with Crippen molar-refractivity contribution in [3.63, 3.8) is 0 Å². The smallest absolute Gasteiger partial charge is 0.421 e. The van der Waals surface area contributed by atoms with E-state index in [1.165, 1.54) is 18.2 Å². The standard InChI is InChI=1S/C15H19ClF3NOS/c1-2-22-9-13(10-6-7-20-8-10)21-12-5-3-4-11(16)14(12)15(17,18)19/h3-5,10,13,20H,2,6-9H2,1H3/t10?,13-/m1/s1. The van der Waals surface area contributed by atoms with Crippen LogP contribution in [0.3, 0.4) is 0 Å². The number of hydrogen-bond acceptors (Lipinski definition) is 3. The third kappa shape index (κ3) is 4.46. The van der Waals surface area contributed by atoms with Crippen LogP contribution in [-0.4, -0.2) is 30.7 Å². The number of halogens is 4. The fourth-order valence-electron chi connectivity index (χ4n) is 2.54. The first-order chi connectivity index (χ1) is 10.4. The second-order valence-electron chi connectivity index (χ2n) is 5.18. The van der Waals surface area contributed by atoms with Gasteiger partial charge in [0, 0.05) is 18.2 Å². The SMILES string of the molecule is CCSC[C@@H](Oc1cccc(Cl)c1C(F)(F)F)C1CCNC1. The highest BCUT2D eigenvalue weighted by atomic mass is 35.5. The molecule has 0 bridgehead atoms. The number of nitrogens with one attached hydrogen (secondary N) is 1. The summed E-state index contributed by atoms with van der Waals surface area (Å²) in [5.74, 6) is 1.63.